The Morgan fingerprint density at radius 1 is 1.10 bits per heavy atom. The first kappa shape index (κ1) is 23.2. The molecule has 3 N–H and O–H groups in total. The number of primary amides is 1. The molecule has 0 atom stereocenters. The van der Waals surface area contributed by atoms with Crippen molar-refractivity contribution >= 4 is 33.2 Å². The molecule has 0 aromatic heterocycles. The van der Waals surface area contributed by atoms with Crippen LogP contribution >= 0.6 is 0 Å². The molecule has 0 aliphatic rings. The molecule has 2 amide bonds. The summed E-state index contributed by atoms with van der Waals surface area (Å²) in [6.45, 7) is -0.186. The number of nitrogens with zero attached hydrogens (tertiary/aromatic N) is 1. The van der Waals surface area contributed by atoms with E-state index in [0.717, 1.165) is 28.8 Å². The van der Waals surface area contributed by atoms with E-state index in [1.165, 1.54) is 24.3 Å². The van der Waals surface area contributed by atoms with Gasteiger partial charge in [-0.2, -0.15) is 13.2 Å². The van der Waals surface area contributed by atoms with E-state index < -0.39 is 33.6 Å². The molecule has 0 unspecified atom stereocenters. The number of carbonyl (C=O) groups is 2. The molecule has 0 bridgehead atoms. The van der Waals surface area contributed by atoms with Crippen LogP contribution in [0.2, 0.25) is 0 Å². The van der Waals surface area contributed by atoms with Gasteiger partial charge in [-0.25, -0.2) is 8.42 Å². The lowest BCUT2D eigenvalue weighted by Crippen LogP contribution is -2.31. The predicted molar refractivity (Wildman–Crippen MR) is 106 cm³/mol. The summed E-state index contributed by atoms with van der Waals surface area (Å²) in [5, 5.41) is 2.56. The highest BCUT2D eigenvalue weighted by Crippen LogP contribution is 2.32. The van der Waals surface area contributed by atoms with Crippen LogP contribution in [0.15, 0.2) is 48.5 Å². The van der Waals surface area contributed by atoms with Crippen molar-refractivity contribution in [3.05, 3.63) is 59.7 Å². The molecule has 0 aliphatic heterocycles. The van der Waals surface area contributed by atoms with Crippen LogP contribution in [0.25, 0.3) is 0 Å². The van der Waals surface area contributed by atoms with Crippen molar-refractivity contribution in [2.75, 3.05) is 22.4 Å². The monoisotopic (exact) mass is 443 g/mol. The van der Waals surface area contributed by atoms with E-state index in [0.29, 0.717) is 5.69 Å². The Hall–Kier alpha value is -3.08. The number of hydrogen-bond donors (Lipinski definition) is 2. The maximum absolute atomic E-state index is 12.9. The fraction of sp³-hybridized carbons (Fsp3) is 0.263. The van der Waals surface area contributed by atoms with Gasteiger partial charge < -0.3 is 11.1 Å². The van der Waals surface area contributed by atoms with E-state index in [9.17, 15) is 31.2 Å². The smallest absolute Gasteiger partial charge is 0.366 e. The zero-order valence-corrected chi connectivity index (χ0v) is 16.8. The molecule has 0 radical (unpaired) electrons. The van der Waals surface area contributed by atoms with Crippen molar-refractivity contribution in [2.24, 2.45) is 5.73 Å². The molecule has 11 heteroatoms. The minimum absolute atomic E-state index is 0.0602. The second-order valence-electron chi connectivity index (χ2n) is 6.48. The van der Waals surface area contributed by atoms with E-state index >= 15 is 0 Å². The molecule has 0 heterocycles. The van der Waals surface area contributed by atoms with Gasteiger partial charge in [0.2, 0.25) is 21.8 Å². The molecule has 30 heavy (non-hydrogen) atoms. The molecule has 2 aromatic rings. The topological polar surface area (TPSA) is 110 Å². The molecule has 0 saturated carbocycles. The van der Waals surface area contributed by atoms with Gasteiger partial charge in [0.1, 0.15) is 0 Å². The Bertz CT molecular complexity index is 1040. The highest BCUT2D eigenvalue weighted by molar-refractivity contribution is 7.92. The number of anilines is 2. The maximum atomic E-state index is 12.9. The quantitative estimate of drug-likeness (QED) is 0.654. The van der Waals surface area contributed by atoms with E-state index in [-0.39, 0.29) is 30.6 Å². The molecule has 0 fully saturated rings. The van der Waals surface area contributed by atoms with Crippen LogP contribution in [0.4, 0.5) is 24.5 Å². The number of rotatable bonds is 8. The Kier molecular flexibility index (Phi) is 7.08. The van der Waals surface area contributed by atoms with Gasteiger partial charge >= 0.3 is 6.18 Å². The van der Waals surface area contributed by atoms with Crippen molar-refractivity contribution in [2.45, 2.75) is 19.0 Å². The van der Waals surface area contributed by atoms with Crippen LogP contribution in [0, 0.1) is 0 Å². The molecule has 0 spiro atoms. The molecule has 0 saturated heterocycles. The van der Waals surface area contributed by atoms with E-state index in [1.54, 1.807) is 6.07 Å². The summed E-state index contributed by atoms with van der Waals surface area (Å²) in [4.78, 5) is 23.3. The zero-order valence-electron chi connectivity index (χ0n) is 15.9. The lowest BCUT2D eigenvalue weighted by atomic mass is 10.2. The van der Waals surface area contributed by atoms with Crippen molar-refractivity contribution in [1.82, 2.24) is 0 Å². The average Bonchev–Trinajstić information content (AvgIpc) is 2.64. The van der Waals surface area contributed by atoms with E-state index in [4.69, 9.17) is 5.73 Å². The molecule has 7 nitrogen and oxygen atoms in total. The van der Waals surface area contributed by atoms with Gasteiger partial charge in [0.25, 0.3) is 0 Å². The van der Waals surface area contributed by atoms with Gasteiger partial charge in [-0.1, -0.05) is 12.1 Å². The number of nitrogens with one attached hydrogen (secondary N) is 1. The first-order valence-electron chi connectivity index (χ1n) is 8.72. The first-order chi connectivity index (χ1) is 13.9. The van der Waals surface area contributed by atoms with Crippen LogP contribution in [0.5, 0.6) is 0 Å². The fourth-order valence-electron chi connectivity index (χ4n) is 2.68. The van der Waals surface area contributed by atoms with Gasteiger partial charge in [0.05, 0.1) is 17.5 Å². The number of alkyl halides is 3. The van der Waals surface area contributed by atoms with Gasteiger partial charge in [-0.15, -0.1) is 0 Å². The first-order valence-corrected chi connectivity index (χ1v) is 10.6. The molecule has 2 aromatic carbocycles. The number of sulfonamides is 1. The van der Waals surface area contributed by atoms with E-state index in [1.807, 2.05) is 0 Å². The van der Waals surface area contributed by atoms with Crippen molar-refractivity contribution in [3.8, 4) is 0 Å². The predicted octanol–water partition coefficient (Wildman–Crippen LogP) is 2.99. The van der Waals surface area contributed by atoms with Crippen LogP contribution in [0.3, 0.4) is 0 Å². The molecule has 2 rings (SSSR count). The van der Waals surface area contributed by atoms with Crippen molar-refractivity contribution in [3.63, 3.8) is 0 Å². The van der Waals surface area contributed by atoms with E-state index in [2.05, 4.69) is 5.32 Å². The molecular formula is C19H20F3N3O4S. The lowest BCUT2D eigenvalue weighted by Gasteiger charge is -2.23. The number of amides is 2. The average molecular weight is 443 g/mol. The number of benzene rings is 2. The van der Waals surface area contributed by atoms with Crippen LogP contribution < -0.4 is 15.4 Å². The normalized spacial score (nSPS) is 11.7. The minimum Gasteiger partial charge on any atom is -0.366 e. The second-order valence-corrected chi connectivity index (χ2v) is 8.39. The lowest BCUT2D eigenvalue weighted by molar-refractivity contribution is -0.137. The van der Waals surface area contributed by atoms with Gasteiger partial charge in [-0.3, -0.25) is 13.9 Å². The summed E-state index contributed by atoms with van der Waals surface area (Å²) in [7, 11) is -3.87. The summed E-state index contributed by atoms with van der Waals surface area (Å²) in [5.74, 6) is -1.11. The van der Waals surface area contributed by atoms with Gasteiger partial charge in [0.15, 0.2) is 0 Å². The zero-order chi connectivity index (χ0) is 22.5. The van der Waals surface area contributed by atoms with Gasteiger partial charge in [0, 0.05) is 24.2 Å². The third-order valence-corrected chi connectivity index (χ3v) is 5.25. The highest BCUT2D eigenvalue weighted by atomic mass is 32.2. The third-order valence-electron chi connectivity index (χ3n) is 4.06. The van der Waals surface area contributed by atoms with Crippen LogP contribution in [-0.4, -0.2) is 33.0 Å². The largest absolute Gasteiger partial charge is 0.416 e. The maximum Gasteiger partial charge on any atom is 0.416 e. The van der Waals surface area contributed by atoms with Crippen LogP contribution in [0.1, 0.15) is 28.8 Å². The molecule has 162 valence electrons. The molecular weight excluding hydrogens is 423 g/mol. The van der Waals surface area contributed by atoms with Crippen LogP contribution in [-0.2, 0) is 21.0 Å². The van der Waals surface area contributed by atoms with Crippen molar-refractivity contribution in [1.29, 1.82) is 0 Å². The number of halogens is 3. The Morgan fingerprint density at radius 3 is 2.37 bits per heavy atom. The summed E-state index contributed by atoms with van der Waals surface area (Å²) in [5.41, 5.74) is 4.62. The number of nitrogens with two attached hydrogens (primary N) is 1. The Morgan fingerprint density at radius 2 is 1.77 bits per heavy atom. The summed E-state index contributed by atoms with van der Waals surface area (Å²) < 4.78 is 63.7. The standard InChI is InChI=1S/C19H20F3N3O4S/c1-30(28,29)25(16-8-3-6-14(12-16)19(20,21)22)10-4-9-17(26)24-15-7-2-5-13(11-15)18(23)27/h2-3,5-8,11-12H,4,9-10H2,1H3,(H2,23,27)(H,24,26). The van der Waals surface area contributed by atoms with Gasteiger partial charge in [-0.05, 0) is 42.8 Å². The fourth-order valence-corrected chi connectivity index (χ4v) is 3.64. The Labute approximate surface area is 171 Å². The third kappa shape index (κ3) is 6.48. The number of carbonyl (C=O) groups excluding carboxylic acids is 2. The minimum atomic E-state index is -4.61. The SMILES string of the molecule is CS(=O)(=O)N(CCCC(=O)Nc1cccc(C(N)=O)c1)c1cccc(C(F)(F)F)c1. The summed E-state index contributed by atoms with van der Waals surface area (Å²) in [6, 6.07) is 9.93. The molecule has 0 aliphatic carbocycles. The summed E-state index contributed by atoms with van der Waals surface area (Å²) in [6.07, 6.45) is -3.77. The Balaban J connectivity index is 2.05. The second kappa shape index (κ2) is 9.16. The van der Waals surface area contributed by atoms with Crippen molar-refractivity contribution < 1.29 is 31.2 Å². The highest BCUT2D eigenvalue weighted by Gasteiger charge is 2.31. The number of hydrogen-bond acceptors (Lipinski definition) is 4. The summed E-state index contributed by atoms with van der Waals surface area (Å²) >= 11 is 0.